The van der Waals surface area contributed by atoms with Gasteiger partial charge in [-0.05, 0) is 141 Å². The van der Waals surface area contributed by atoms with Gasteiger partial charge in [-0.25, -0.2) is 0 Å². The van der Waals surface area contributed by atoms with E-state index in [9.17, 15) is 4.79 Å². The van der Waals surface area contributed by atoms with E-state index in [1.165, 1.54) is 69.8 Å². The molecule has 0 saturated heterocycles. The van der Waals surface area contributed by atoms with Crippen molar-refractivity contribution in [3.63, 3.8) is 0 Å². The topological polar surface area (TPSA) is 35.5 Å². The molecule has 246 valence electrons. The Morgan fingerprint density at radius 1 is 0.884 bits per heavy atom. The van der Waals surface area contributed by atoms with Crippen molar-refractivity contribution in [3.05, 3.63) is 12.2 Å². The maximum atomic E-state index is 12.3. The van der Waals surface area contributed by atoms with Crippen LogP contribution < -0.4 is 0 Å². The number of carbonyl (C=O) groups is 1. The van der Waals surface area contributed by atoms with E-state index in [2.05, 4.69) is 97.9 Å². The third-order valence-electron chi connectivity index (χ3n) is 16.1. The van der Waals surface area contributed by atoms with Crippen LogP contribution in [0.5, 0.6) is 0 Å². The van der Waals surface area contributed by atoms with E-state index in [0.717, 1.165) is 5.92 Å². The van der Waals surface area contributed by atoms with Crippen molar-refractivity contribution in [1.82, 2.24) is 0 Å². The zero-order valence-electron chi connectivity index (χ0n) is 29.8. The van der Waals surface area contributed by atoms with Gasteiger partial charge in [0, 0.05) is 5.41 Å². The van der Waals surface area contributed by atoms with Gasteiger partial charge in [0.05, 0.1) is 12.7 Å². The fraction of sp³-hybridized carbons (Fsp3) is 0.921. The summed E-state index contributed by atoms with van der Waals surface area (Å²) in [6.45, 7) is 32.8. The van der Waals surface area contributed by atoms with Crippen LogP contribution in [0, 0.1) is 56.7 Å². The number of halogens is 1. The average Bonchev–Trinajstić information content (AvgIpc) is 3.29. The van der Waals surface area contributed by atoms with Crippen molar-refractivity contribution in [2.24, 2.45) is 56.7 Å². The first-order valence-electron chi connectivity index (χ1n) is 17.7. The Balaban J connectivity index is 1.45. The van der Waals surface area contributed by atoms with E-state index in [-0.39, 0.29) is 27.2 Å². The highest BCUT2D eigenvalue weighted by atomic mass is 79.9. The standard InChI is InChI=1S/C38H65BrO3Si/c1-25(2)26-15-20-38(24-41-31(40)23-39)22-21-36(9)27(32(26)38)13-14-29-35(8)18-17-30(42-43(11,12)33(3,4)5)34(6,7)28(35)16-19-37(29,36)10/h26-30,32H,1,13-24H2,2-12H3/t26-,27+,28-,29+,30-,32+,35-,36+,37+,38+/m0/s1. The molecule has 0 aromatic carbocycles. The first-order chi connectivity index (χ1) is 19.7. The van der Waals surface area contributed by atoms with E-state index in [1.54, 1.807) is 0 Å². The number of carbonyl (C=O) groups excluding carboxylic acids is 1. The maximum absolute atomic E-state index is 12.3. The molecule has 5 aliphatic carbocycles. The maximum Gasteiger partial charge on any atom is 0.316 e. The predicted molar refractivity (Wildman–Crippen MR) is 186 cm³/mol. The second-order valence-corrected chi connectivity index (χ2v) is 24.4. The summed E-state index contributed by atoms with van der Waals surface area (Å²) in [4.78, 5) is 12.3. The fourth-order valence-corrected chi connectivity index (χ4v) is 14.2. The van der Waals surface area contributed by atoms with E-state index in [0.29, 0.717) is 52.6 Å². The minimum absolute atomic E-state index is 0.113. The van der Waals surface area contributed by atoms with Gasteiger partial charge in [0.15, 0.2) is 8.32 Å². The van der Waals surface area contributed by atoms with Gasteiger partial charge < -0.3 is 9.16 Å². The molecule has 0 aliphatic heterocycles. The second-order valence-electron chi connectivity index (χ2n) is 19.1. The molecule has 0 bridgehead atoms. The quantitative estimate of drug-likeness (QED) is 0.121. The molecule has 3 nitrogen and oxygen atoms in total. The number of hydrogen-bond acceptors (Lipinski definition) is 3. The molecule has 0 aromatic heterocycles. The van der Waals surface area contributed by atoms with Crippen LogP contribution in [0.3, 0.4) is 0 Å². The van der Waals surface area contributed by atoms with E-state index in [4.69, 9.17) is 9.16 Å². The lowest BCUT2D eigenvalue weighted by atomic mass is 9.32. The summed E-state index contributed by atoms with van der Waals surface area (Å²) in [6, 6.07) is 0. The SMILES string of the molecule is C=C(C)[C@@H]1CC[C@]2(COC(=O)CBr)CC[C@]3(C)[C@H](CC[C@@H]4[C@@]5(C)CC[C@H](O[Si](C)(C)C(C)(C)C)C(C)(C)[C@@H]5CC[C@]43C)[C@@H]12. The molecule has 0 unspecified atom stereocenters. The second kappa shape index (κ2) is 11.0. The normalized spacial score (nSPS) is 45.8. The van der Waals surface area contributed by atoms with Gasteiger partial charge in [-0.3, -0.25) is 4.79 Å². The van der Waals surface area contributed by atoms with E-state index in [1.807, 2.05) is 0 Å². The lowest BCUT2D eigenvalue weighted by Gasteiger charge is -2.73. The zero-order chi connectivity index (χ0) is 32.0. The molecule has 43 heavy (non-hydrogen) atoms. The fourth-order valence-electron chi connectivity index (χ4n) is 12.5. The van der Waals surface area contributed by atoms with Gasteiger partial charge in [-0.15, -0.1) is 0 Å². The highest BCUT2D eigenvalue weighted by Gasteiger charge is 2.71. The summed E-state index contributed by atoms with van der Waals surface area (Å²) in [6.07, 6.45) is 13.1. The smallest absolute Gasteiger partial charge is 0.316 e. The first kappa shape index (κ1) is 34.2. The molecule has 0 spiro atoms. The van der Waals surface area contributed by atoms with Crippen molar-refractivity contribution in [1.29, 1.82) is 0 Å². The number of esters is 1. The third-order valence-corrected chi connectivity index (χ3v) is 21.0. The minimum Gasteiger partial charge on any atom is -0.464 e. The minimum atomic E-state index is -1.84. The van der Waals surface area contributed by atoms with Crippen LogP contribution >= 0.6 is 15.9 Å². The Morgan fingerprint density at radius 3 is 2.16 bits per heavy atom. The van der Waals surface area contributed by atoms with Crippen LogP contribution in [0.2, 0.25) is 18.1 Å². The highest BCUT2D eigenvalue weighted by Crippen LogP contribution is 2.77. The summed E-state index contributed by atoms with van der Waals surface area (Å²) >= 11 is 3.33. The molecule has 5 rings (SSSR count). The van der Waals surface area contributed by atoms with Crippen molar-refractivity contribution in [3.8, 4) is 0 Å². The number of fused-ring (bicyclic) bond motifs is 7. The van der Waals surface area contributed by atoms with E-state index < -0.39 is 8.32 Å². The number of ether oxygens (including phenoxy) is 1. The molecule has 5 fully saturated rings. The lowest BCUT2D eigenvalue weighted by Crippen LogP contribution is -2.67. The van der Waals surface area contributed by atoms with Crippen LogP contribution in [-0.4, -0.2) is 32.3 Å². The molecular formula is C38H65BrO3Si. The van der Waals surface area contributed by atoms with Crippen molar-refractivity contribution < 1.29 is 14.0 Å². The summed E-state index contributed by atoms with van der Waals surface area (Å²) in [5.74, 6) is 3.18. The highest BCUT2D eigenvalue weighted by molar-refractivity contribution is 9.09. The first-order valence-corrected chi connectivity index (χ1v) is 21.8. The van der Waals surface area contributed by atoms with Crippen molar-refractivity contribution >= 4 is 30.2 Å². The predicted octanol–water partition coefficient (Wildman–Crippen LogP) is 11.0. The largest absolute Gasteiger partial charge is 0.464 e. The van der Waals surface area contributed by atoms with Crippen molar-refractivity contribution in [2.45, 2.75) is 151 Å². The Kier molecular flexibility index (Phi) is 8.72. The summed E-state index contributed by atoms with van der Waals surface area (Å²) in [5.41, 5.74) is 2.68. The van der Waals surface area contributed by atoms with Gasteiger partial charge in [0.25, 0.3) is 0 Å². The van der Waals surface area contributed by atoms with Crippen LogP contribution in [0.4, 0.5) is 0 Å². The van der Waals surface area contributed by atoms with Crippen LogP contribution in [0.1, 0.15) is 127 Å². The average molecular weight is 678 g/mol. The number of allylic oxidation sites excluding steroid dienone is 1. The Morgan fingerprint density at radius 2 is 1.56 bits per heavy atom. The molecular weight excluding hydrogens is 612 g/mol. The van der Waals surface area contributed by atoms with Crippen LogP contribution in [0.15, 0.2) is 12.2 Å². The lowest BCUT2D eigenvalue weighted by molar-refractivity contribution is -0.248. The summed E-state index contributed by atoms with van der Waals surface area (Å²) in [7, 11) is -1.84. The third kappa shape index (κ3) is 5.04. The van der Waals surface area contributed by atoms with Crippen molar-refractivity contribution in [2.75, 3.05) is 11.9 Å². The molecule has 0 aromatic rings. The summed E-state index contributed by atoms with van der Waals surface area (Å²) in [5, 5.41) is 0.531. The van der Waals surface area contributed by atoms with E-state index >= 15 is 0 Å². The van der Waals surface area contributed by atoms with Gasteiger partial charge in [-0.1, -0.05) is 83.5 Å². The number of hydrogen-bond donors (Lipinski definition) is 0. The molecule has 5 heteroatoms. The Labute approximate surface area is 274 Å². The van der Waals surface area contributed by atoms with Gasteiger partial charge in [0.2, 0.25) is 0 Å². The number of rotatable bonds is 6. The van der Waals surface area contributed by atoms with Crippen LogP contribution in [-0.2, 0) is 14.0 Å². The van der Waals surface area contributed by atoms with Gasteiger partial charge in [-0.2, -0.15) is 0 Å². The molecule has 0 heterocycles. The van der Waals surface area contributed by atoms with Gasteiger partial charge >= 0.3 is 5.97 Å². The molecule has 0 radical (unpaired) electrons. The van der Waals surface area contributed by atoms with Gasteiger partial charge in [0.1, 0.15) is 5.33 Å². The molecule has 5 aliphatic rings. The molecule has 10 atom stereocenters. The molecule has 5 saturated carbocycles. The van der Waals surface area contributed by atoms with Crippen LogP contribution in [0.25, 0.3) is 0 Å². The molecule has 0 amide bonds. The monoisotopic (exact) mass is 676 g/mol. The summed E-state index contributed by atoms with van der Waals surface area (Å²) < 4.78 is 13.2. The Hall–Kier alpha value is -0.133. The molecule has 0 N–H and O–H groups in total. The number of alkyl halides is 1. The zero-order valence-corrected chi connectivity index (χ0v) is 32.3. The Bertz CT molecular complexity index is 1110.